The van der Waals surface area contributed by atoms with Crippen molar-refractivity contribution < 1.29 is 13.2 Å². The van der Waals surface area contributed by atoms with Crippen LogP contribution in [0.15, 0.2) is 18.3 Å². The van der Waals surface area contributed by atoms with Crippen molar-refractivity contribution in [2.75, 3.05) is 13.1 Å². The Bertz CT molecular complexity index is 659. The molecule has 1 saturated heterocycles. The maximum Gasteiger partial charge on any atom is 0.231 e. The molecule has 0 spiro atoms. The van der Waals surface area contributed by atoms with Gasteiger partial charge in [-0.2, -0.15) is 0 Å². The van der Waals surface area contributed by atoms with Crippen LogP contribution in [0, 0.1) is 0 Å². The van der Waals surface area contributed by atoms with E-state index in [0.29, 0.717) is 13.0 Å². The molecule has 3 rings (SSSR count). The number of primary sulfonamides is 1. The summed E-state index contributed by atoms with van der Waals surface area (Å²) in [5.41, 5.74) is 1.98. The number of pyridine rings is 1. The number of aryl methyl sites for hydroxylation is 1. The molecule has 0 bridgehead atoms. The van der Waals surface area contributed by atoms with Gasteiger partial charge in [0.15, 0.2) is 0 Å². The first-order valence-electron chi connectivity index (χ1n) is 7.21. The molecule has 0 aromatic carbocycles. The van der Waals surface area contributed by atoms with Crippen LogP contribution in [0.3, 0.4) is 0 Å². The quantitative estimate of drug-likeness (QED) is 0.855. The van der Waals surface area contributed by atoms with Crippen molar-refractivity contribution in [1.82, 2.24) is 9.88 Å². The minimum atomic E-state index is -3.57. The molecule has 114 valence electrons. The zero-order chi connectivity index (χ0) is 15.0. The summed E-state index contributed by atoms with van der Waals surface area (Å²) in [6, 6.07) is 3.90. The van der Waals surface area contributed by atoms with E-state index in [9.17, 15) is 13.2 Å². The molecule has 2 N–H and O–H groups in total. The van der Waals surface area contributed by atoms with Crippen LogP contribution in [0.4, 0.5) is 0 Å². The molecular formula is C14H19N3O3S. The summed E-state index contributed by atoms with van der Waals surface area (Å²) in [6.45, 7) is 0.662. The zero-order valence-electron chi connectivity index (χ0n) is 11.7. The Kier molecular flexibility index (Phi) is 3.71. The van der Waals surface area contributed by atoms with Crippen molar-refractivity contribution in [2.24, 2.45) is 5.14 Å². The second kappa shape index (κ2) is 5.38. The summed E-state index contributed by atoms with van der Waals surface area (Å²) < 4.78 is 22.8. The summed E-state index contributed by atoms with van der Waals surface area (Å²) in [4.78, 5) is 18.7. The minimum absolute atomic E-state index is 0.0131. The molecule has 0 saturated carbocycles. The van der Waals surface area contributed by atoms with Gasteiger partial charge in [0.1, 0.15) is 0 Å². The van der Waals surface area contributed by atoms with E-state index in [2.05, 4.69) is 4.98 Å². The minimum Gasteiger partial charge on any atom is -0.341 e. The van der Waals surface area contributed by atoms with Gasteiger partial charge in [-0.15, -0.1) is 0 Å². The number of likely N-dealkylation sites (tertiary alicyclic amines) is 1. The van der Waals surface area contributed by atoms with Crippen LogP contribution in [0.5, 0.6) is 0 Å². The number of nitrogens with two attached hydrogens (primary N) is 1. The lowest BCUT2D eigenvalue weighted by Crippen LogP contribution is -2.38. The van der Waals surface area contributed by atoms with Crippen molar-refractivity contribution in [3.8, 4) is 0 Å². The van der Waals surface area contributed by atoms with E-state index in [1.807, 2.05) is 12.1 Å². The summed E-state index contributed by atoms with van der Waals surface area (Å²) in [6.07, 6.45) is 4.82. The lowest BCUT2D eigenvalue weighted by atomic mass is 9.86. The molecule has 6 nitrogen and oxygen atoms in total. The van der Waals surface area contributed by atoms with Gasteiger partial charge < -0.3 is 4.90 Å². The van der Waals surface area contributed by atoms with Crippen LogP contribution in [0.1, 0.15) is 36.4 Å². The van der Waals surface area contributed by atoms with E-state index >= 15 is 0 Å². The van der Waals surface area contributed by atoms with Crippen molar-refractivity contribution in [1.29, 1.82) is 0 Å². The number of rotatable bonds is 2. The third-order valence-corrected chi connectivity index (χ3v) is 5.73. The molecule has 1 aromatic rings. The molecule has 1 aromatic heterocycles. The average Bonchev–Trinajstić information content (AvgIpc) is 2.96. The third-order valence-electron chi connectivity index (χ3n) is 4.41. The van der Waals surface area contributed by atoms with Crippen molar-refractivity contribution in [3.63, 3.8) is 0 Å². The molecular weight excluding hydrogens is 290 g/mol. The van der Waals surface area contributed by atoms with Crippen LogP contribution >= 0.6 is 0 Å². The lowest BCUT2D eigenvalue weighted by molar-refractivity contribution is -0.132. The van der Waals surface area contributed by atoms with E-state index in [1.165, 1.54) is 0 Å². The van der Waals surface area contributed by atoms with Crippen molar-refractivity contribution in [2.45, 2.75) is 36.9 Å². The van der Waals surface area contributed by atoms with Crippen LogP contribution in [-0.4, -0.2) is 42.5 Å². The number of amides is 1. The number of carbonyl (C=O) groups is 1. The first-order chi connectivity index (χ1) is 9.97. The van der Waals surface area contributed by atoms with Crippen LogP contribution < -0.4 is 5.14 Å². The van der Waals surface area contributed by atoms with Crippen LogP contribution in [-0.2, 0) is 21.2 Å². The Hall–Kier alpha value is -1.47. The fourth-order valence-electron chi connectivity index (χ4n) is 3.27. The Labute approximate surface area is 124 Å². The van der Waals surface area contributed by atoms with Gasteiger partial charge >= 0.3 is 0 Å². The summed E-state index contributed by atoms with van der Waals surface area (Å²) in [7, 11) is -3.57. The number of fused-ring (bicyclic) bond motifs is 1. The molecule has 1 amide bonds. The predicted octanol–water partition coefficient (Wildman–Crippen LogP) is 0.391. The average molecular weight is 309 g/mol. The van der Waals surface area contributed by atoms with Crippen molar-refractivity contribution >= 4 is 15.9 Å². The molecule has 2 unspecified atom stereocenters. The summed E-state index contributed by atoms with van der Waals surface area (Å²) in [5.74, 6) is -0.255. The van der Waals surface area contributed by atoms with Gasteiger partial charge in [-0.25, -0.2) is 13.6 Å². The highest BCUT2D eigenvalue weighted by Gasteiger charge is 2.37. The molecule has 21 heavy (non-hydrogen) atoms. The second-order valence-corrected chi connectivity index (χ2v) is 7.62. The van der Waals surface area contributed by atoms with Gasteiger partial charge in [0.25, 0.3) is 0 Å². The number of hydrogen-bond acceptors (Lipinski definition) is 4. The second-order valence-electron chi connectivity index (χ2n) is 5.78. The van der Waals surface area contributed by atoms with Gasteiger partial charge in [-0.3, -0.25) is 9.78 Å². The van der Waals surface area contributed by atoms with E-state index in [4.69, 9.17) is 5.14 Å². The molecule has 1 aliphatic heterocycles. The molecule has 1 aliphatic carbocycles. The van der Waals surface area contributed by atoms with Crippen LogP contribution in [0.2, 0.25) is 0 Å². The highest BCUT2D eigenvalue weighted by atomic mass is 32.2. The van der Waals surface area contributed by atoms with E-state index < -0.39 is 15.3 Å². The maximum absolute atomic E-state index is 12.7. The lowest BCUT2D eigenvalue weighted by Gasteiger charge is -2.27. The SMILES string of the molecule is NS(=O)(=O)C1CCN(C(=O)C2CCCc3cccnc32)C1. The third kappa shape index (κ3) is 2.80. The molecule has 7 heteroatoms. The van der Waals surface area contributed by atoms with Gasteiger partial charge in [0, 0.05) is 19.3 Å². The highest BCUT2D eigenvalue weighted by Crippen LogP contribution is 2.32. The van der Waals surface area contributed by atoms with E-state index in [0.717, 1.165) is 30.5 Å². The standard InChI is InChI=1S/C14H19N3O3S/c15-21(19,20)11-6-8-17(9-11)14(18)12-5-1-3-10-4-2-7-16-13(10)12/h2,4,7,11-12H,1,3,5-6,8-9H2,(H2,15,19,20). The van der Waals surface area contributed by atoms with Crippen molar-refractivity contribution in [3.05, 3.63) is 29.6 Å². The fourth-order valence-corrected chi connectivity index (χ4v) is 4.09. The number of carbonyl (C=O) groups excluding carboxylic acids is 1. The molecule has 1 fully saturated rings. The maximum atomic E-state index is 12.7. The monoisotopic (exact) mass is 309 g/mol. The number of nitrogens with zero attached hydrogens (tertiary/aromatic N) is 2. The Morgan fingerprint density at radius 2 is 2.19 bits per heavy atom. The van der Waals surface area contributed by atoms with E-state index in [-0.39, 0.29) is 18.4 Å². The molecule has 2 aliphatic rings. The molecule has 2 atom stereocenters. The molecule has 2 heterocycles. The first-order valence-corrected chi connectivity index (χ1v) is 8.82. The van der Waals surface area contributed by atoms with E-state index in [1.54, 1.807) is 11.1 Å². The summed E-state index contributed by atoms with van der Waals surface area (Å²) >= 11 is 0. The number of hydrogen-bond donors (Lipinski definition) is 1. The predicted molar refractivity (Wildman–Crippen MR) is 78.0 cm³/mol. The van der Waals surface area contributed by atoms with Crippen LogP contribution in [0.25, 0.3) is 0 Å². The van der Waals surface area contributed by atoms with Gasteiger partial charge in [0.2, 0.25) is 15.9 Å². The first kappa shape index (κ1) is 14.5. The number of aromatic nitrogens is 1. The largest absolute Gasteiger partial charge is 0.341 e. The van der Waals surface area contributed by atoms with Gasteiger partial charge in [-0.1, -0.05) is 6.07 Å². The fraction of sp³-hybridized carbons (Fsp3) is 0.571. The summed E-state index contributed by atoms with van der Waals surface area (Å²) in [5, 5.41) is 4.55. The topological polar surface area (TPSA) is 93.4 Å². The highest BCUT2D eigenvalue weighted by molar-refractivity contribution is 7.89. The Morgan fingerprint density at radius 1 is 1.38 bits per heavy atom. The normalized spacial score (nSPS) is 25.7. The number of sulfonamides is 1. The zero-order valence-corrected chi connectivity index (χ0v) is 12.6. The smallest absolute Gasteiger partial charge is 0.231 e. The molecule has 0 radical (unpaired) electrons. The van der Waals surface area contributed by atoms with Gasteiger partial charge in [-0.05, 0) is 37.3 Å². The Balaban J connectivity index is 1.79. The Morgan fingerprint density at radius 3 is 2.90 bits per heavy atom. The van der Waals surface area contributed by atoms with Gasteiger partial charge in [0.05, 0.1) is 16.9 Å².